The number of carbonyl (C=O) groups excluding carboxylic acids is 1. The summed E-state index contributed by atoms with van der Waals surface area (Å²) in [7, 11) is 3.23. The van der Waals surface area contributed by atoms with Crippen LogP contribution in [0.3, 0.4) is 0 Å². The fourth-order valence-electron chi connectivity index (χ4n) is 5.61. The summed E-state index contributed by atoms with van der Waals surface area (Å²) >= 11 is 0. The van der Waals surface area contributed by atoms with Crippen molar-refractivity contribution in [1.29, 1.82) is 0 Å². The molecular formula is C30H35F4N7O3. The van der Waals surface area contributed by atoms with Gasteiger partial charge in [-0.2, -0.15) is 13.2 Å². The molecule has 0 aliphatic carbocycles. The third-order valence-corrected chi connectivity index (χ3v) is 8.06. The number of amides is 1. The van der Waals surface area contributed by atoms with Crippen LogP contribution >= 0.6 is 0 Å². The Hall–Kier alpha value is -4.04. The monoisotopic (exact) mass is 617 g/mol. The van der Waals surface area contributed by atoms with Gasteiger partial charge in [0.05, 0.1) is 34.7 Å². The molecule has 236 valence electrons. The molecule has 2 fully saturated rings. The van der Waals surface area contributed by atoms with Gasteiger partial charge in [0.1, 0.15) is 5.82 Å². The first-order chi connectivity index (χ1) is 20.7. The van der Waals surface area contributed by atoms with Crippen molar-refractivity contribution in [3.05, 3.63) is 64.1 Å². The highest BCUT2D eigenvalue weighted by Gasteiger charge is 2.36. The standard InChI is InChI=1S/C30H35F4N7O3/c1-17-13-40(7-6-38(17)4)26-10-24(31)21(20-11-35-29(36-12-20)41-14-18(2)44-19(3)15-41)8-25(26)37-28(43)22-16-39(5)27(42)9-23(22)30(32,33)34/h8-12,16-19H,6-7,13-15H2,1-5H3,(H,37,43)/t17-,18-,19+/m1/s1. The van der Waals surface area contributed by atoms with E-state index in [-0.39, 0.29) is 29.5 Å². The molecule has 0 saturated carbocycles. The second-order valence-corrected chi connectivity index (χ2v) is 11.6. The fraction of sp³-hybridized carbons (Fsp3) is 0.467. The Labute approximate surface area is 252 Å². The van der Waals surface area contributed by atoms with Gasteiger partial charge in [-0.3, -0.25) is 9.59 Å². The number of ether oxygens (including phenoxy) is 1. The third-order valence-electron chi connectivity index (χ3n) is 8.06. The van der Waals surface area contributed by atoms with Crippen molar-refractivity contribution < 1.29 is 27.1 Å². The van der Waals surface area contributed by atoms with Gasteiger partial charge in [0.25, 0.3) is 11.5 Å². The van der Waals surface area contributed by atoms with E-state index in [1.165, 1.54) is 31.6 Å². The average molecular weight is 618 g/mol. The summed E-state index contributed by atoms with van der Waals surface area (Å²) in [5, 5.41) is 2.58. The van der Waals surface area contributed by atoms with Gasteiger partial charge >= 0.3 is 6.18 Å². The van der Waals surface area contributed by atoms with Crippen molar-refractivity contribution in [1.82, 2.24) is 19.4 Å². The molecule has 2 aliphatic rings. The Morgan fingerprint density at radius 1 is 0.977 bits per heavy atom. The minimum absolute atomic E-state index is 0.0135. The van der Waals surface area contributed by atoms with Crippen molar-refractivity contribution in [2.45, 2.75) is 45.2 Å². The van der Waals surface area contributed by atoms with Gasteiger partial charge in [-0.1, -0.05) is 0 Å². The van der Waals surface area contributed by atoms with Crippen LogP contribution in [0.15, 0.2) is 41.6 Å². The molecule has 4 heterocycles. The van der Waals surface area contributed by atoms with Crippen LogP contribution in [0.5, 0.6) is 0 Å². The number of likely N-dealkylation sites (N-methyl/N-ethyl adjacent to an activating group) is 1. The van der Waals surface area contributed by atoms with E-state index in [1.807, 2.05) is 37.6 Å². The van der Waals surface area contributed by atoms with E-state index in [1.54, 1.807) is 0 Å². The molecule has 2 aliphatic heterocycles. The van der Waals surface area contributed by atoms with E-state index in [4.69, 9.17) is 4.74 Å². The molecule has 3 aromatic rings. The number of aromatic nitrogens is 3. The lowest BCUT2D eigenvalue weighted by Gasteiger charge is -2.39. The van der Waals surface area contributed by atoms with Crippen molar-refractivity contribution in [3.8, 4) is 11.1 Å². The molecule has 14 heteroatoms. The number of halogens is 4. The number of nitrogens with one attached hydrogen (secondary N) is 1. The number of piperazine rings is 1. The normalized spacial score (nSPS) is 21.4. The molecule has 2 aromatic heterocycles. The van der Waals surface area contributed by atoms with E-state index in [2.05, 4.69) is 20.2 Å². The Kier molecular flexibility index (Phi) is 8.67. The van der Waals surface area contributed by atoms with Crippen LogP contribution < -0.4 is 20.7 Å². The van der Waals surface area contributed by atoms with Crippen LogP contribution in [0.25, 0.3) is 11.1 Å². The van der Waals surface area contributed by atoms with Gasteiger partial charge in [-0.25, -0.2) is 14.4 Å². The van der Waals surface area contributed by atoms with Crippen LogP contribution in [-0.2, 0) is 18.0 Å². The molecule has 0 bridgehead atoms. The molecule has 44 heavy (non-hydrogen) atoms. The van der Waals surface area contributed by atoms with E-state index in [0.717, 1.165) is 10.8 Å². The maximum Gasteiger partial charge on any atom is 0.417 e. The van der Waals surface area contributed by atoms with Crippen LogP contribution in [-0.4, -0.2) is 83.4 Å². The summed E-state index contributed by atoms with van der Waals surface area (Å²) < 4.78 is 64.0. The topological polar surface area (TPSA) is 95.8 Å². The molecule has 1 N–H and O–H groups in total. The van der Waals surface area contributed by atoms with Gasteiger partial charge < -0.3 is 29.3 Å². The van der Waals surface area contributed by atoms with Gasteiger partial charge in [-0.05, 0) is 40.0 Å². The smallest absolute Gasteiger partial charge is 0.372 e. The van der Waals surface area contributed by atoms with Crippen molar-refractivity contribution >= 4 is 23.2 Å². The maximum atomic E-state index is 15.8. The summed E-state index contributed by atoms with van der Waals surface area (Å²) in [5.74, 6) is -1.23. The highest BCUT2D eigenvalue weighted by atomic mass is 19.4. The minimum Gasteiger partial charge on any atom is -0.372 e. The molecule has 0 radical (unpaired) electrons. The predicted molar refractivity (Wildman–Crippen MR) is 159 cm³/mol. The number of hydrogen-bond acceptors (Lipinski definition) is 8. The fourth-order valence-corrected chi connectivity index (χ4v) is 5.61. The summed E-state index contributed by atoms with van der Waals surface area (Å²) in [6, 6.07) is 3.15. The SMILES string of the molecule is C[C@@H]1CN(c2ncc(-c3cc(NC(=O)c4cn(C)c(=O)cc4C(F)(F)F)c(N4CCN(C)[C@H](C)C4)cc3F)cn2)C[C@H](C)O1. The van der Waals surface area contributed by atoms with Crippen molar-refractivity contribution in [2.24, 2.45) is 7.05 Å². The second kappa shape index (κ2) is 12.2. The summed E-state index contributed by atoms with van der Waals surface area (Å²) in [4.78, 5) is 40.3. The highest BCUT2D eigenvalue weighted by Crippen LogP contribution is 2.37. The molecule has 1 amide bonds. The number of carbonyl (C=O) groups is 1. The molecule has 1 aromatic carbocycles. The first-order valence-electron chi connectivity index (χ1n) is 14.3. The predicted octanol–water partition coefficient (Wildman–Crippen LogP) is 4.01. The minimum atomic E-state index is -4.95. The summed E-state index contributed by atoms with van der Waals surface area (Å²) in [6.07, 6.45) is -1.17. The second-order valence-electron chi connectivity index (χ2n) is 11.6. The van der Waals surface area contributed by atoms with Crippen molar-refractivity contribution in [3.63, 3.8) is 0 Å². The zero-order chi connectivity index (χ0) is 31.9. The number of alkyl halides is 3. The van der Waals surface area contributed by atoms with E-state index in [9.17, 15) is 22.8 Å². The Balaban J connectivity index is 1.54. The van der Waals surface area contributed by atoms with Gasteiger partial charge in [-0.15, -0.1) is 0 Å². The van der Waals surface area contributed by atoms with Crippen LogP contribution in [0, 0.1) is 5.82 Å². The Morgan fingerprint density at radius 3 is 2.25 bits per heavy atom. The van der Waals surface area contributed by atoms with Gasteiger partial charge in [0.15, 0.2) is 0 Å². The van der Waals surface area contributed by atoms with Gasteiger partial charge in [0, 0.05) is 81.6 Å². The van der Waals surface area contributed by atoms with E-state index < -0.39 is 34.6 Å². The lowest BCUT2D eigenvalue weighted by Crippen LogP contribution is -2.50. The molecule has 5 rings (SSSR count). The molecular weight excluding hydrogens is 582 g/mol. The quantitative estimate of drug-likeness (QED) is 0.430. The average Bonchev–Trinajstić information content (AvgIpc) is 2.95. The third kappa shape index (κ3) is 6.55. The zero-order valence-corrected chi connectivity index (χ0v) is 25.2. The van der Waals surface area contributed by atoms with E-state index in [0.29, 0.717) is 56.0 Å². The highest BCUT2D eigenvalue weighted by molar-refractivity contribution is 6.07. The van der Waals surface area contributed by atoms with Crippen LogP contribution in [0.4, 0.5) is 34.9 Å². The number of morpholine rings is 1. The van der Waals surface area contributed by atoms with Crippen LogP contribution in [0.1, 0.15) is 36.7 Å². The zero-order valence-electron chi connectivity index (χ0n) is 25.2. The lowest BCUT2D eigenvalue weighted by atomic mass is 10.0. The van der Waals surface area contributed by atoms with Crippen LogP contribution in [0.2, 0.25) is 0 Å². The molecule has 0 unspecified atom stereocenters. The molecule has 10 nitrogen and oxygen atoms in total. The molecule has 3 atom stereocenters. The first-order valence-corrected chi connectivity index (χ1v) is 14.3. The van der Waals surface area contributed by atoms with Crippen molar-refractivity contribution in [2.75, 3.05) is 54.9 Å². The molecule has 0 spiro atoms. The number of anilines is 3. The van der Waals surface area contributed by atoms with Gasteiger partial charge in [0.2, 0.25) is 5.95 Å². The number of aryl methyl sites for hydroxylation is 1. The summed E-state index contributed by atoms with van der Waals surface area (Å²) in [6.45, 7) is 8.77. The number of benzene rings is 1. The maximum absolute atomic E-state index is 15.8. The first kappa shape index (κ1) is 31.4. The number of pyridine rings is 1. The number of hydrogen-bond donors (Lipinski definition) is 1. The molecule has 2 saturated heterocycles. The number of rotatable bonds is 5. The number of nitrogens with zero attached hydrogens (tertiary/aromatic N) is 6. The Bertz CT molecular complexity index is 1590. The lowest BCUT2D eigenvalue weighted by molar-refractivity contribution is -0.138. The Morgan fingerprint density at radius 2 is 1.64 bits per heavy atom. The summed E-state index contributed by atoms with van der Waals surface area (Å²) in [5.41, 5.74) is -2.16. The van der Waals surface area contributed by atoms with E-state index >= 15 is 4.39 Å². The largest absolute Gasteiger partial charge is 0.417 e.